The highest BCUT2D eigenvalue weighted by molar-refractivity contribution is 7.48. The average Bonchev–Trinajstić information content (AvgIpc) is 4.23. The molecule has 3 aliphatic carbocycles. The Morgan fingerprint density at radius 3 is 1.04 bits per heavy atom. The Hall–Kier alpha value is -6.43. The van der Waals surface area contributed by atoms with Crippen molar-refractivity contribution >= 4 is 61.8 Å². The molecular weight excluding hydrogens is 926 g/mol. The van der Waals surface area contributed by atoms with Crippen LogP contribution in [-0.2, 0) is 46.7 Å². The smallest absolute Gasteiger partial charge is 0.464 e. The Bertz CT molecular complexity index is 2550. The maximum atomic E-state index is 15.1. The zero-order valence-corrected chi connectivity index (χ0v) is 38.8. The summed E-state index contributed by atoms with van der Waals surface area (Å²) in [5.41, 5.74) is 10.7. The van der Waals surface area contributed by atoms with Crippen LogP contribution >= 0.6 is 7.82 Å². The van der Waals surface area contributed by atoms with Crippen molar-refractivity contribution in [2.75, 3.05) is 56.8 Å². The van der Waals surface area contributed by atoms with Gasteiger partial charge in [-0.05, 0) is 36.0 Å². The van der Waals surface area contributed by atoms with Crippen LogP contribution in [0.1, 0.15) is 60.8 Å². The molecule has 3 aromatic heterocycles. The molecule has 22 nitrogen and oxygen atoms in total. The lowest BCUT2D eigenvalue weighted by molar-refractivity contribution is -0.150. The molecule has 0 spiro atoms. The first-order valence-electron chi connectivity index (χ1n) is 21.1. The second-order valence-electron chi connectivity index (χ2n) is 17.9. The number of phosphoric ester groups is 1. The number of rotatable bonds is 21. The minimum Gasteiger partial charge on any atom is -0.464 e. The van der Waals surface area contributed by atoms with Crippen LogP contribution < -0.4 is 34.3 Å². The largest absolute Gasteiger partial charge is 0.474 e. The van der Waals surface area contributed by atoms with Crippen LogP contribution in [0.2, 0.25) is 0 Å². The molecule has 26 heteroatoms. The van der Waals surface area contributed by atoms with Crippen LogP contribution in [0.4, 0.5) is 30.6 Å². The summed E-state index contributed by atoms with van der Waals surface area (Å²) in [4.78, 5) is 86.4. The summed E-state index contributed by atoms with van der Waals surface area (Å²) in [6.07, 6.45) is 6.19. The summed E-state index contributed by atoms with van der Waals surface area (Å²) in [5.74, 6) is -8.52. The van der Waals surface area contributed by atoms with Gasteiger partial charge in [0.1, 0.15) is 19.8 Å². The molecule has 0 aliphatic heterocycles. The number of esters is 3. The van der Waals surface area contributed by atoms with E-state index in [0.717, 1.165) is 32.3 Å². The van der Waals surface area contributed by atoms with Crippen molar-refractivity contribution in [2.45, 2.75) is 60.8 Å². The topological polar surface area (TPSA) is 306 Å². The lowest BCUT2D eigenvalue weighted by atomic mass is 10.1. The van der Waals surface area contributed by atoms with Gasteiger partial charge in [0.25, 0.3) is 0 Å². The standard InChI is InChI=1S/C42H51F3N9O13P/c1-22(2)34(55)62-16-40(7-25(40)10-52-13-28(43)31(46)49-37(52)58)19-65-68(61,66-20-41(17-63-35(56)23(3)4)8-26(41)11-53-14-29(44)32(47)50-38(53)59)67-21-42(18-64-36(57)24(5)6)9-27(42)12-54-15-30(45)33(48)51-39(54)60/h10-15,22-24H,7-9,16-21H2,1-6H3,(H2,46,49,58)(H2,47,50,59)(H2,48,51,60)/b25-10-,26-11-,27-12-/t40-,41-,42-/m0/s1. The molecule has 368 valence electrons. The minimum absolute atomic E-state index is 0.0443. The van der Waals surface area contributed by atoms with Gasteiger partial charge in [-0.25, -0.2) is 32.1 Å². The molecule has 3 saturated carbocycles. The number of anilines is 3. The minimum atomic E-state index is -4.96. The summed E-state index contributed by atoms with van der Waals surface area (Å²) in [6, 6.07) is 0. The summed E-state index contributed by atoms with van der Waals surface area (Å²) in [7, 11) is -4.96. The first kappa shape index (κ1) is 51.0. The summed E-state index contributed by atoms with van der Waals surface area (Å²) in [6.45, 7) is 6.60. The fourth-order valence-corrected chi connectivity index (χ4v) is 7.94. The molecule has 3 fully saturated rings. The molecule has 0 bridgehead atoms. The number of nitrogens with zero attached hydrogens (tertiary/aromatic N) is 6. The Morgan fingerprint density at radius 1 is 0.559 bits per heavy atom. The van der Waals surface area contributed by atoms with E-state index in [4.69, 9.17) is 45.0 Å². The molecule has 3 heterocycles. The number of ether oxygens (including phenoxy) is 3. The maximum absolute atomic E-state index is 15.1. The van der Waals surface area contributed by atoms with Crippen molar-refractivity contribution in [1.29, 1.82) is 0 Å². The predicted octanol–water partition coefficient (Wildman–Crippen LogP) is 3.37. The maximum Gasteiger partial charge on any atom is 0.474 e. The molecule has 3 aromatic rings. The number of halogens is 3. The molecule has 0 saturated heterocycles. The summed E-state index contributed by atoms with van der Waals surface area (Å²) >= 11 is 0. The van der Waals surface area contributed by atoms with E-state index in [1.54, 1.807) is 41.5 Å². The summed E-state index contributed by atoms with van der Waals surface area (Å²) in [5, 5.41) is 0. The van der Waals surface area contributed by atoms with Crippen molar-refractivity contribution in [2.24, 2.45) is 34.0 Å². The van der Waals surface area contributed by atoms with Gasteiger partial charge < -0.3 is 31.4 Å². The second kappa shape index (κ2) is 19.7. The normalized spacial score (nSPS) is 22.6. The van der Waals surface area contributed by atoms with E-state index in [1.165, 1.54) is 18.6 Å². The van der Waals surface area contributed by atoms with E-state index in [-0.39, 0.29) is 39.1 Å². The molecule has 6 N–H and O–H groups in total. The van der Waals surface area contributed by atoms with Crippen LogP contribution in [0, 0.1) is 51.5 Å². The first-order valence-corrected chi connectivity index (χ1v) is 22.6. The van der Waals surface area contributed by atoms with E-state index in [2.05, 4.69) is 15.0 Å². The van der Waals surface area contributed by atoms with Gasteiger partial charge >= 0.3 is 42.8 Å². The fraction of sp³-hybridized carbons (Fsp3) is 0.500. The molecule has 0 unspecified atom stereocenters. The zero-order valence-electron chi connectivity index (χ0n) is 37.9. The van der Waals surface area contributed by atoms with Crippen LogP contribution in [0.5, 0.6) is 0 Å². The van der Waals surface area contributed by atoms with Gasteiger partial charge in [0.2, 0.25) is 0 Å². The average molecular weight is 978 g/mol. The number of hydrogen-bond acceptors (Lipinski definition) is 19. The zero-order chi connectivity index (χ0) is 50.1. The highest BCUT2D eigenvalue weighted by Gasteiger charge is 2.57. The van der Waals surface area contributed by atoms with Gasteiger partial charge in [0.05, 0.1) is 72.4 Å². The molecule has 0 amide bonds. The van der Waals surface area contributed by atoms with Crippen molar-refractivity contribution in [3.05, 3.63) is 84.2 Å². The first-order chi connectivity index (χ1) is 31.8. The highest BCUT2D eigenvalue weighted by atomic mass is 31.2. The molecule has 0 radical (unpaired) electrons. The number of aromatic nitrogens is 6. The van der Waals surface area contributed by atoms with E-state index >= 15 is 4.57 Å². The van der Waals surface area contributed by atoms with E-state index < -0.39 is 132 Å². The number of hydrogen-bond donors (Lipinski definition) is 3. The van der Waals surface area contributed by atoms with E-state index in [9.17, 15) is 41.9 Å². The number of carbonyl (C=O) groups is 3. The Kier molecular flexibility index (Phi) is 14.7. The Labute approximate surface area is 385 Å². The monoisotopic (exact) mass is 977 g/mol. The second-order valence-corrected chi connectivity index (χ2v) is 19.5. The van der Waals surface area contributed by atoms with Crippen LogP contribution in [0.3, 0.4) is 0 Å². The van der Waals surface area contributed by atoms with E-state index in [1.807, 2.05) is 0 Å². The van der Waals surface area contributed by atoms with Gasteiger partial charge in [-0.2, -0.15) is 15.0 Å². The van der Waals surface area contributed by atoms with Gasteiger partial charge in [-0.15, -0.1) is 0 Å². The molecular formula is C42H51F3N9O13P. The number of nitrogens with two attached hydrogens (primary N) is 3. The Balaban J connectivity index is 1.36. The van der Waals surface area contributed by atoms with Crippen molar-refractivity contribution < 1.29 is 59.9 Å². The van der Waals surface area contributed by atoms with Crippen molar-refractivity contribution in [3.8, 4) is 0 Å². The molecule has 3 aliphatic rings. The molecule has 0 aromatic carbocycles. The van der Waals surface area contributed by atoms with Gasteiger partial charge in [0.15, 0.2) is 34.9 Å². The van der Waals surface area contributed by atoms with Crippen LogP contribution in [-0.4, -0.2) is 86.2 Å². The van der Waals surface area contributed by atoms with Gasteiger partial charge in [0, 0.05) is 18.6 Å². The van der Waals surface area contributed by atoms with Gasteiger partial charge in [-0.3, -0.25) is 41.7 Å². The lowest BCUT2D eigenvalue weighted by Gasteiger charge is -2.25. The SMILES string of the molecule is CC(C)C(=O)OC[C@]1(COP(=O)(OC[C@@]2(COC(=O)C(C)C)C/C2=C/n2cc(F)c(N)nc2=O)OC[C@@]2(COC(=O)C(C)C)C/C2=C/n2cc(F)c(N)nc2=O)C/C1=C/n1cc(F)c(N)nc1=O. The molecule has 68 heavy (non-hydrogen) atoms. The van der Waals surface area contributed by atoms with Crippen LogP contribution in [0.15, 0.2) is 49.7 Å². The highest BCUT2D eigenvalue weighted by Crippen LogP contribution is 2.63. The predicted molar refractivity (Wildman–Crippen MR) is 235 cm³/mol. The third-order valence-corrected chi connectivity index (χ3v) is 12.7. The summed E-state index contributed by atoms with van der Waals surface area (Å²) < 4.78 is 95.7. The van der Waals surface area contributed by atoms with E-state index in [0.29, 0.717) is 16.7 Å². The molecule has 3 atom stereocenters. The van der Waals surface area contributed by atoms with Crippen molar-refractivity contribution in [3.63, 3.8) is 0 Å². The quantitative estimate of drug-likeness (QED) is 0.0783. The van der Waals surface area contributed by atoms with Crippen LogP contribution in [0.25, 0.3) is 18.6 Å². The number of phosphoric acid groups is 1. The third kappa shape index (κ3) is 11.8. The fourth-order valence-electron chi connectivity index (χ4n) is 6.50. The number of carbonyl (C=O) groups excluding carboxylic acids is 3. The molecule has 6 rings (SSSR count). The van der Waals surface area contributed by atoms with Gasteiger partial charge in [-0.1, -0.05) is 41.5 Å². The lowest BCUT2D eigenvalue weighted by Crippen LogP contribution is -2.26. The van der Waals surface area contributed by atoms with Crippen molar-refractivity contribution in [1.82, 2.24) is 28.7 Å². The Morgan fingerprint density at radius 2 is 0.809 bits per heavy atom. The number of nitrogen functional groups attached to an aromatic ring is 3. The third-order valence-electron chi connectivity index (χ3n) is 11.3.